The summed E-state index contributed by atoms with van der Waals surface area (Å²) in [6, 6.07) is 0.248. The molecular formula is C17H24N4O2. The van der Waals surface area contributed by atoms with Gasteiger partial charge in [0.25, 0.3) is 0 Å². The summed E-state index contributed by atoms with van der Waals surface area (Å²) < 4.78 is 0. The first-order chi connectivity index (χ1) is 11.0. The van der Waals surface area contributed by atoms with E-state index in [-0.39, 0.29) is 23.7 Å². The molecule has 3 aliphatic rings. The topological polar surface area (TPSA) is 66.4 Å². The Morgan fingerprint density at radius 3 is 2.78 bits per heavy atom. The summed E-state index contributed by atoms with van der Waals surface area (Å²) in [5, 5.41) is 0. The molecule has 23 heavy (non-hydrogen) atoms. The van der Waals surface area contributed by atoms with Gasteiger partial charge in [-0.25, -0.2) is 9.97 Å². The zero-order valence-electron chi connectivity index (χ0n) is 14.1. The molecule has 4 heterocycles. The highest BCUT2D eigenvalue weighted by molar-refractivity contribution is 5.94. The van der Waals surface area contributed by atoms with Crippen LogP contribution in [0.3, 0.4) is 0 Å². The van der Waals surface area contributed by atoms with Gasteiger partial charge in [0.2, 0.25) is 11.9 Å². The summed E-state index contributed by atoms with van der Waals surface area (Å²) in [6.45, 7) is 7.75. The molecule has 3 saturated heterocycles. The van der Waals surface area contributed by atoms with Gasteiger partial charge in [-0.3, -0.25) is 9.59 Å². The van der Waals surface area contributed by atoms with E-state index >= 15 is 0 Å². The molecule has 0 N–H and O–H groups in total. The van der Waals surface area contributed by atoms with Gasteiger partial charge in [0.15, 0.2) is 5.78 Å². The highest BCUT2D eigenvalue weighted by Gasteiger charge is 2.40. The van der Waals surface area contributed by atoms with Crippen LogP contribution in [0.1, 0.15) is 49.2 Å². The molecule has 2 bridgehead atoms. The number of piperidine rings is 1. The minimum Gasteiger partial charge on any atom is -0.338 e. The first kappa shape index (κ1) is 15.9. The lowest BCUT2D eigenvalue weighted by Gasteiger charge is -2.35. The summed E-state index contributed by atoms with van der Waals surface area (Å²) in [4.78, 5) is 37.2. The molecule has 0 saturated carbocycles. The predicted molar refractivity (Wildman–Crippen MR) is 87.5 cm³/mol. The number of hydrogen-bond donors (Lipinski definition) is 0. The fourth-order valence-electron chi connectivity index (χ4n) is 3.69. The summed E-state index contributed by atoms with van der Waals surface area (Å²) >= 11 is 0. The van der Waals surface area contributed by atoms with Gasteiger partial charge < -0.3 is 9.80 Å². The summed E-state index contributed by atoms with van der Waals surface area (Å²) in [6.07, 6.45) is 4.60. The van der Waals surface area contributed by atoms with E-state index < -0.39 is 0 Å². The molecule has 0 spiro atoms. The van der Waals surface area contributed by atoms with E-state index in [0.717, 1.165) is 32.4 Å². The lowest BCUT2D eigenvalue weighted by molar-refractivity contribution is -0.139. The van der Waals surface area contributed by atoms with Crippen molar-refractivity contribution in [3.8, 4) is 0 Å². The van der Waals surface area contributed by atoms with Gasteiger partial charge in [-0.15, -0.1) is 0 Å². The molecular weight excluding hydrogens is 292 g/mol. The maximum Gasteiger partial charge on any atom is 0.227 e. The largest absolute Gasteiger partial charge is 0.338 e. The number of nitrogens with zero attached hydrogens (tertiary/aromatic N) is 4. The van der Waals surface area contributed by atoms with Crippen LogP contribution in [-0.2, 0) is 4.79 Å². The maximum absolute atomic E-state index is 12.6. The molecule has 0 aliphatic carbocycles. The average Bonchev–Trinajstić information content (AvgIpc) is 2.80. The number of Topliss-reactive ketones (excluding diaryl/α,β-unsaturated/α-hetero) is 1. The molecule has 1 aromatic heterocycles. The van der Waals surface area contributed by atoms with Gasteiger partial charge in [-0.2, -0.15) is 0 Å². The minimum atomic E-state index is -0.0192. The third-order valence-electron chi connectivity index (χ3n) is 4.89. The van der Waals surface area contributed by atoms with Gasteiger partial charge in [0.1, 0.15) is 0 Å². The lowest BCUT2D eigenvalue weighted by Crippen LogP contribution is -2.48. The van der Waals surface area contributed by atoms with Gasteiger partial charge in [0, 0.05) is 31.9 Å². The molecule has 4 rings (SSSR count). The molecule has 1 aromatic rings. The van der Waals surface area contributed by atoms with Crippen molar-refractivity contribution in [1.29, 1.82) is 0 Å². The molecule has 2 atom stereocenters. The third kappa shape index (κ3) is 2.94. The van der Waals surface area contributed by atoms with Crippen LogP contribution in [0.5, 0.6) is 0 Å². The van der Waals surface area contributed by atoms with Crippen LogP contribution in [0.15, 0.2) is 6.20 Å². The SMILES string of the molecule is CCCN1C(=O)[C@@H]2CC[C@H]1CN(c1ncc(C(C)=O)c(C)n1)C2. The Labute approximate surface area is 136 Å². The second-order valence-electron chi connectivity index (χ2n) is 6.59. The Morgan fingerprint density at radius 1 is 1.35 bits per heavy atom. The van der Waals surface area contributed by atoms with Gasteiger partial charge in [-0.1, -0.05) is 6.92 Å². The molecule has 6 nitrogen and oxygen atoms in total. The van der Waals surface area contributed by atoms with Crippen LogP contribution < -0.4 is 4.90 Å². The fourth-order valence-corrected chi connectivity index (χ4v) is 3.69. The van der Waals surface area contributed by atoms with Crippen molar-refractivity contribution >= 4 is 17.6 Å². The molecule has 3 fully saturated rings. The average molecular weight is 316 g/mol. The van der Waals surface area contributed by atoms with Crippen molar-refractivity contribution in [2.24, 2.45) is 5.92 Å². The quantitative estimate of drug-likeness (QED) is 0.793. The Hall–Kier alpha value is -1.98. The van der Waals surface area contributed by atoms with E-state index in [1.165, 1.54) is 6.92 Å². The van der Waals surface area contributed by atoms with Crippen molar-refractivity contribution < 1.29 is 9.59 Å². The second-order valence-corrected chi connectivity index (χ2v) is 6.59. The maximum atomic E-state index is 12.6. The summed E-state index contributed by atoms with van der Waals surface area (Å²) in [5.74, 6) is 0.934. The predicted octanol–water partition coefficient (Wildman–Crippen LogP) is 1.82. The zero-order chi connectivity index (χ0) is 16.6. The molecule has 124 valence electrons. The molecule has 6 heteroatoms. The standard InChI is InChI=1S/C17H24N4O2/c1-4-7-21-14-6-5-13(16(21)23)9-20(10-14)17-18-8-15(12(3)22)11(2)19-17/h8,13-14H,4-7,9-10H2,1-3H3/t13-,14+/m1/s1. The number of amides is 1. The first-order valence-corrected chi connectivity index (χ1v) is 8.41. The van der Waals surface area contributed by atoms with Crippen LogP contribution in [0.25, 0.3) is 0 Å². The van der Waals surface area contributed by atoms with E-state index in [4.69, 9.17) is 0 Å². The Balaban J connectivity index is 1.86. The summed E-state index contributed by atoms with van der Waals surface area (Å²) in [7, 11) is 0. The second kappa shape index (κ2) is 6.26. The Bertz CT molecular complexity index is 631. The number of anilines is 1. The van der Waals surface area contributed by atoms with Crippen molar-refractivity contribution in [2.45, 2.75) is 46.1 Å². The van der Waals surface area contributed by atoms with Crippen LogP contribution in [0.4, 0.5) is 5.95 Å². The normalized spacial score (nSPS) is 24.0. The van der Waals surface area contributed by atoms with Gasteiger partial charge in [0.05, 0.1) is 17.2 Å². The number of carbonyl (C=O) groups excluding carboxylic acids is 2. The molecule has 0 aromatic carbocycles. The Kier molecular flexibility index (Phi) is 4.33. The summed E-state index contributed by atoms with van der Waals surface area (Å²) in [5.41, 5.74) is 1.27. The number of rotatable bonds is 4. The lowest BCUT2D eigenvalue weighted by atomic mass is 9.94. The molecule has 0 unspecified atom stereocenters. The molecule has 3 aliphatic heterocycles. The first-order valence-electron chi connectivity index (χ1n) is 8.41. The van der Waals surface area contributed by atoms with Crippen LogP contribution in [-0.4, -0.2) is 52.2 Å². The minimum absolute atomic E-state index is 0.0192. The smallest absolute Gasteiger partial charge is 0.227 e. The number of ketones is 1. The van der Waals surface area contributed by atoms with Crippen LogP contribution in [0.2, 0.25) is 0 Å². The van der Waals surface area contributed by atoms with Gasteiger partial charge in [-0.05, 0) is 33.1 Å². The number of carbonyl (C=O) groups is 2. The van der Waals surface area contributed by atoms with Crippen LogP contribution >= 0.6 is 0 Å². The number of hydrogen-bond acceptors (Lipinski definition) is 5. The van der Waals surface area contributed by atoms with Crippen molar-refractivity contribution in [3.05, 3.63) is 17.5 Å². The van der Waals surface area contributed by atoms with Gasteiger partial charge >= 0.3 is 0 Å². The van der Waals surface area contributed by atoms with Crippen molar-refractivity contribution in [1.82, 2.24) is 14.9 Å². The number of aromatic nitrogens is 2. The van der Waals surface area contributed by atoms with E-state index in [9.17, 15) is 9.59 Å². The van der Waals surface area contributed by atoms with Crippen molar-refractivity contribution in [3.63, 3.8) is 0 Å². The van der Waals surface area contributed by atoms with Crippen LogP contribution in [0, 0.1) is 12.8 Å². The molecule has 1 amide bonds. The highest BCUT2D eigenvalue weighted by atomic mass is 16.2. The Morgan fingerprint density at radius 2 is 2.13 bits per heavy atom. The van der Waals surface area contributed by atoms with E-state index in [2.05, 4.69) is 21.8 Å². The highest BCUT2D eigenvalue weighted by Crippen LogP contribution is 2.30. The third-order valence-corrected chi connectivity index (χ3v) is 4.89. The molecule has 0 radical (unpaired) electrons. The van der Waals surface area contributed by atoms with E-state index in [1.807, 2.05) is 11.8 Å². The zero-order valence-corrected chi connectivity index (χ0v) is 14.1. The number of aryl methyl sites for hydroxylation is 1. The van der Waals surface area contributed by atoms with E-state index in [1.54, 1.807) is 6.20 Å². The van der Waals surface area contributed by atoms with E-state index in [0.29, 0.717) is 23.8 Å². The monoisotopic (exact) mass is 316 g/mol. The number of fused-ring (bicyclic) bond motifs is 4. The van der Waals surface area contributed by atoms with Crippen molar-refractivity contribution in [2.75, 3.05) is 24.5 Å². The fraction of sp³-hybridized carbons (Fsp3) is 0.647.